The summed E-state index contributed by atoms with van der Waals surface area (Å²) in [6.07, 6.45) is 4.84. The standard InChI is InChI=1S/C13H18N2O2/c1-17-11-5-6-12-13(9-11)15(10-14-12)7-3-2-4-8-16/h5-6,9-10,16H,2-4,7-8H2,1H3. The number of aromatic nitrogens is 2. The average Bonchev–Trinajstić information content (AvgIpc) is 2.77. The van der Waals surface area contributed by atoms with Gasteiger partial charge in [-0.3, -0.25) is 0 Å². The SMILES string of the molecule is COc1ccc2ncn(CCCCCO)c2c1. The summed E-state index contributed by atoms with van der Waals surface area (Å²) in [6, 6.07) is 5.90. The minimum atomic E-state index is 0.276. The molecule has 0 aliphatic carbocycles. The second kappa shape index (κ2) is 5.68. The molecule has 0 fully saturated rings. The number of unbranched alkanes of at least 4 members (excludes halogenated alkanes) is 2. The van der Waals surface area contributed by atoms with Gasteiger partial charge in [0.25, 0.3) is 0 Å². The number of benzene rings is 1. The molecule has 0 saturated carbocycles. The molecule has 1 aromatic heterocycles. The molecule has 0 amide bonds. The predicted octanol–water partition coefficient (Wildman–Crippen LogP) is 2.21. The van der Waals surface area contributed by atoms with Crippen LogP contribution in [0.3, 0.4) is 0 Å². The quantitative estimate of drug-likeness (QED) is 0.779. The molecule has 92 valence electrons. The number of ether oxygens (including phenoxy) is 1. The Bertz CT molecular complexity index is 479. The van der Waals surface area contributed by atoms with Crippen LogP contribution in [0.15, 0.2) is 24.5 Å². The van der Waals surface area contributed by atoms with Crippen LogP contribution in [0.1, 0.15) is 19.3 Å². The van der Waals surface area contributed by atoms with E-state index >= 15 is 0 Å². The third-order valence-electron chi connectivity index (χ3n) is 2.89. The molecule has 0 bridgehead atoms. The Balaban J connectivity index is 2.11. The molecule has 4 nitrogen and oxygen atoms in total. The zero-order chi connectivity index (χ0) is 12.1. The van der Waals surface area contributed by atoms with Gasteiger partial charge in [0.15, 0.2) is 0 Å². The monoisotopic (exact) mass is 234 g/mol. The van der Waals surface area contributed by atoms with Crippen LogP contribution in [-0.2, 0) is 6.54 Å². The maximum atomic E-state index is 8.73. The van der Waals surface area contributed by atoms with Crippen LogP contribution >= 0.6 is 0 Å². The molecule has 0 radical (unpaired) electrons. The Morgan fingerprint density at radius 1 is 1.29 bits per heavy atom. The fourth-order valence-corrected chi connectivity index (χ4v) is 1.91. The highest BCUT2D eigenvalue weighted by molar-refractivity contribution is 5.76. The van der Waals surface area contributed by atoms with Crippen molar-refractivity contribution in [3.05, 3.63) is 24.5 Å². The molecular formula is C13H18N2O2. The number of hydrogen-bond acceptors (Lipinski definition) is 3. The Labute approximate surface area is 101 Å². The van der Waals surface area contributed by atoms with Crippen molar-refractivity contribution in [1.29, 1.82) is 0 Å². The van der Waals surface area contributed by atoms with Crippen LogP contribution in [-0.4, -0.2) is 28.4 Å². The molecule has 0 aliphatic heterocycles. The highest BCUT2D eigenvalue weighted by Gasteiger charge is 2.03. The summed E-state index contributed by atoms with van der Waals surface area (Å²) in [6.45, 7) is 1.21. The molecule has 1 N–H and O–H groups in total. The van der Waals surface area contributed by atoms with Crippen molar-refractivity contribution < 1.29 is 9.84 Å². The van der Waals surface area contributed by atoms with E-state index in [4.69, 9.17) is 9.84 Å². The lowest BCUT2D eigenvalue weighted by molar-refractivity contribution is 0.282. The lowest BCUT2D eigenvalue weighted by Crippen LogP contribution is -1.97. The largest absolute Gasteiger partial charge is 0.497 e. The first-order valence-electron chi connectivity index (χ1n) is 5.95. The fourth-order valence-electron chi connectivity index (χ4n) is 1.91. The Morgan fingerprint density at radius 2 is 2.18 bits per heavy atom. The molecule has 4 heteroatoms. The number of aliphatic hydroxyl groups excluding tert-OH is 1. The average molecular weight is 234 g/mol. The van der Waals surface area contributed by atoms with Crippen LogP contribution in [0.4, 0.5) is 0 Å². The van der Waals surface area contributed by atoms with Gasteiger partial charge >= 0.3 is 0 Å². The van der Waals surface area contributed by atoms with E-state index in [2.05, 4.69) is 9.55 Å². The zero-order valence-corrected chi connectivity index (χ0v) is 10.1. The first-order valence-corrected chi connectivity index (χ1v) is 5.95. The number of aryl methyl sites for hydroxylation is 1. The molecule has 2 aromatic rings. The summed E-state index contributed by atoms with van der Waals surface area (Å²) in [5.74, 6) is 0.856. The van der Waals surface area contributed by atoms with Gasteiger partial charge in [0, 0.05) is 19.2 Å². The third-order valence-corrected chi connectivity index (χ3v) is 2.89. The topological polar surface area (TPSA) is 47.3 Å². The van der Waals surface area contributed by atoms with Crippen LogP contribution in [0.5, 0.6) is 5.75 Å². The van der Waals surface area contributed by atoms with Crippen molar-refractivity contribution in [2.75, 3.05) is 13.7 Å². The predicted molar refractivity (Wildman–Crippen MR) is 67.2 cm³/mol. The summed E-state index contributed by atoms with van der Waals surface area (Å²) in [5.41, 5.74) is 2.10. The zero-order valence-electron chi connectivity index (χ0n) is 10.1. The van der Waals surface area contributed by atoms with Crippen LogP contribution in [0.25, 0.3) is 11.0 Å². The minimum absolute atomic E-state index is 0.276. The van der Waals surface area contributed by atoms with Crippen molar-refractivity contribution in [3.8, 4) is 5.75 Å². The molecule has 1 heterocycles. The van der Waals surface area contributed by atoms with Gasteiger partial charge in [-0.1, -0.05) is 0 Å². The summed E-state index contributed by atoms with van der Waals surface area (Å²) in [7, 11) is 1.67. The molecule has 17 heavy (non-hydrogen) atoms. The molecule has 0 aliphatic rings. The number of rotatable bonds is 6. The van der Waals surface area contributed by atoms with Gasteiger partial charge in [0.1, 0.15) is 5.75 Å². The Kier molecular flexibility index (Phi) is 3.98. The normalized spacial score (nSPS) is 10.9. The second-order valence-electron chi connectivity index (χ2n) is 4.08. The summed E-state index contributed by atoms with van der Waals surface area (Å²) < 4.78 is 7.35. The van der Waals surface area contributed by atoms with Gasteiger partial charge in [0.2, 0.25) is 0 Å². The van der Waals surface area contributed by atoms with Gasteiger partial charge in [0.05, 0.1) is 24.5 Å². The van der Waals surface area contributed by atoms with E-state index in [9.17, 15) is 0 Å². The van der Waals surface area contributed by atoms with Crippen LogP contribution in [0, 0.1) is 0 Å². The van der Waals surface area contributed by atoms with E-state index in [0.29, 0.717) is 0 Å². The maximum Gasteiger partial charge on any atom is 0.121 e. The first-order chi connectivity index (χ1) is 8.35. The van der Waals surface area contributed by atoms with Gasteiger partial charge in [-0.25, -0.2) is 4.98 Å². The minimum Gasteiger partial charge on any atom is -0.497 e. The van der Waals surface area contributed by atoms with E-state index in [1.165, 1.54) is 0 Å². The lowest BCUT2D eigenvalue weighted by Gasteiger charge is -2.05. The van der Waals surface area contributed by atoms with E-state index < -0.39 is 0 Å². The van der Waals surface area contributed by atoms with E-state index in [1.807, 2.05) is 24.5 Å². The molecule has 2 rings (SSSR count). The van der Waals surface area contributed by atoms with Crippen molar-refractivity contribution in [2.45, 2.75) is 25.8 Å². The van der Waals surface area contributed by atoms with E-state index in [-0.39, 0.29) is 6.61 Å². The molecule has 1 aromatic carbocycles. The summed E-state index contributed by atoms with van der Waals surface area (Å²) in [4.78, 5) is 4.35. The van der Waals surface area contributed by atoms with Crippen LogP contribution in [0.2, 0.25) is 0 Å². The van der Waals surface area contributed by atoms with Crippen molar-refractivity contribution in [2.24, 2.45) is 0 Å². The van der Waals surface area contributed by atoms with Crippen molar-refractivity contribution in [3.63, 3.8) is 0 Å². The first kappa shape index (κ1) is 11.9. The third kappa shape index (κ3) is 2.77. The smallest absolute Gasteiger partial charge is 0.121 e. The van der Waals surface area contributed by atoms with E-state index in [1.54, 1.807) is 7.11 Å². The van der Waals surface area contributed by atoms with Crippen molar-refractivity contribution in [1.82, 2.24) is 9.55 Å². The highest BCUT2D eigenvalue weighted by atomic mass is 16.5. The summed E-state index contributed by atoms with van der Waals surface area (Å²) in [5, 5.41) is 8.73. The molecule has 0 atom stereocenters. The highest BCUT2D eigenvalue weighted by Crippen LogP contribution is 2.20. The number of fused-ring (bicyclic) bond motifs is 1. The van der Waals surface area contributed by atoms with E-state index in [0.717, 1.165) is 42.6 Å². The number of imidazole rings is 1. The lowest BCUT2D eigenvalue weighted by atomic mass is 10.2. The number of nitrogens with zero attached hydrogens (tertiary/aromatic N) is 2. The molecule has 0 spiro atoms. The second-order valence-corrected chi connectivity index (χ2v) is 4.08. The van der Waals surface area contributed by atoms with Gasteiger partial charge in [-0.05, 0) is 31.4 Å². The molecule has 0 unspecified atom stereocenters. The fraction of sp³-hybridized carbons (Fsp3) is 0.462. The van der Waals surface area contributed by atoms with Gasteiger partial charge in [-0.15, -0.1) is 0 Å². The summed E-state index contributed by atoms with van der Waals surface area (Å²) >= 11 is 0. The van der Waals surface area contributed by atoms with Crippen LogP contribution < -0.4 is 4.74 Å². The molecular weight excluding hydrogens is 216 g/mol. The Morgan fingerprint density at radius 3 is 2.94 bits per heavy atom. The number of aliphatic hydroxyl groups is 1. The van der Waals surface area contributed by atoms with Gasteiger partial charge < -0.3 is 14.4 Å². The Hall–Kier alpha value is -1.55. The van der Waals surface area contributed by atoms with Crippen molar-refractivity contribution >= 4 is 11.0 Å². The van der Waals surface area contributed by atoms with Gasteiger partial charge in [-0.2, -0.15) is 0 Å². The number of methoxy groups -OCH3 is 1. The maximum absolute atomic E-state index is 8.73. The molecule has 0 saturated heterocycles. The number of hydrogen-bond donors (Lipinski definition) is 1.